The highest BCUT2D eigenvalue weighted by Crippen LogP contribution is 2.40. The Morgan fingerprint density at radius 2 is 1.73 bits per heavy atom. The van der Waals surface area contributed by atoms with Gasteiger partial charge in [-0.15, -0.1) is 0 Å². The Hall–Kier alpha value is -4.54. The molecule has 2 saturated heterocycles. The molecule has 2 atom stereocenters. The van der Waals surface area contributed by atoms with Gasteiger partial charge in [0.2, 0.25) is 19.0 Å². The van der Waals surface area contributed by atoms with Crippen LogP contribution in [-0.2, 0) is 32.3 Å². The van der Waals surface area contributed by atoms with E-state index in [1.807, 2.05) is 78.9 Å². The van der Waals surface area contributed by atoms with Crippen LogP contribution >= 0.6 is 0 Å². The topological polar surface area (TPSA) is 110 Å². The first-order valence-corrected chi connectivity index (χ1v) is 15.0. The van der Waals surface area contributed by atoms with Gasteiger partial charge in [-0.25, -0.2) is 0 Å². The molecular weight excluding hydrogens is 562 g/mol. The summed E-state index contributed by atoms with van der Waals surface area (Å²) in [5, 5.41) is 12.4. The molecule has 4 aliphatic heterocycles. The number of nitrogens with zero attached hydrogens (tertiary/aromatic N) is 2. The van der Waals surface area contributed by atoms with Gasteiger partial charge in [-0.05, 0) is 59.9 Å². The summed E-state index contributed by atoms with van der Waals surface area (Å²) in [6, 6.07) is 23.3. The maximum atomic E-state index is 13.9. The SMILES string of the molecule is O=C(C1=C[C@H](c2ccc3c(c2)OCO3)C[C@H](OCc2ccc(CO)cc2)O1)N1CCC2(CC1)C(=O)NCN2c1ccccc1. The highest BCUT2D eigenvalue weighted by Gasteiger charge is 2.51. The van der Waals surface area contributed by atoms with Crippen LogP contribution in [0.15, 0.2) is 84.6 Å². The standard InChI is InChI=1S/C34H35N3O7/c38-19-23-6-8-24(9-7-23)20-41-31-18-26(25-10-11-28-29(16-25)43-22-42-28)17-30(44-31)32(39)36-14-12-34(13-15-36)33(40)35-21-37(34)27-4-2-1-3-5-27/h1-11,16-17,26,31,38H,12-15,18-22H2,(H,35,40)/t26-,31+/m0/s1. The van der Waals surface area contributed by atoms with Crippen molar-refractivity contribution in [3.8, 4) is 11.5 Å². The van der Waals surface area contributed by atoms with E-state index in [-0.39, 0.29) is 36.9 Å². The van der Waals surface area contributed by atoms with E-state index in [1.165, 1.54) is 0 Å². The molecule has 44 heavy (non-hydrogen) atoms. The minimum atomic E-state index is -0.688. The van der Waals surface area contributed by atoms with Crippen LogP contribution in [0.1, 0.15) is 41.9 Å². The maximum absolute atomic E-state index is 13.9. The second kappa shape index (κ2) is 11.9. The number of carbonyl (C=O) groups is 2. The zero-order chi connectivity index (χ0) is 30.1. The van der Waals surface area contributed by atoms with E-state index >= 15 is 0 Å². The number of piperidine rings is 1. The molecule has 10 heteroatoms. The van der Waals surface area contributed by atoms with Crippen molar-refractivity contribution in [3.63, 3.8) is 0 Å². The Kier molecular flexibility index (Phi) is 7.61. The zero-order valence-electron chi connectivity index (χ0n) is 24.3. The first-order valence-electron chi connectivity index (χ1n) is 15.0. The molecule has 2 amide bonds. The third-order valence-electron chi connectivity index (χ3n) is 9.02. The van der Waals surface area contributed by atoms with Crippen molar-refractivity contribution in [1.82, 2.24) is 10.2 Å². The second-order valence-electron chi connectivity index (χ2n) is 11.6. The second-order valence-corrected chi connectivity index (χ2v) is 11.6. The molecule has 228 valence electrons. The van der Waals surface area contributed by atoms with Crippen LogP contribution in [-0.4, -0.2) is 60.2 Å². The molecular formula is C34H35N3O7. The Balaban J connectivity index is 1.09. The van der Waals surface area contributed by atoms with Gasteiger partial charge in [0.1, 0.15) is 5.54 Å². The Bertz CT molecular complexity index is 1550. The number of anilines is 1. The molecule has 2 fully saturated rings. The van der Waals surface area contributed by atoms with Gasteiger partial charge in [0.25, 0.3) is 5.91 Å². The number of nitrogens with one attached hydrogen (secondary N) is 1. The summed E-state index contributed by atoms with van der Waals surface area (Å²) in [5.41, 5.74) is 3.04. The monoisotopic (exact) mass is 597 g/mol. The van der Waals surface area contributed by atoms with Crippen molar-refractivity contribution in [2.24, 2.45) is 0 Å². The lowest BCUT2D eigenvalue weighted by Gasteiger charge is -2.43. The lowest BCUT2D eigenvalue weighted by molar-refractivity contribution is -0.157. The number of fused-ring (bicyclic) bond motifs is 1. The normalized spacial score (nSPS) is 22.0. The van der Waals surface area contributed by atoms with E-state index in [0.717, 1.165) is 22.4 Å². The Morgan fingerprint density at radius 1 is 0.977 bits per heavy atom. The number of para-hydroxylation sites is 1. The number of rotatable bonds is 7. The van der Waals surface area contributed by atoms with Gasteiger partial charge in [-0.2, -0.15) is 0 Å². The fraction of sp³-hybridized carbons (Fsp3) is 0.353. The smallest absolute Gasteiger partial charge is 0.288 e. The van der Waals surface area contributed by atoms with Crippen LogP contribution in [0.4, 0.5) is 5.69 Å². The zero-order valence-corrected chi connectivity index (χ0v) is 24.3. The van der Waals surface area contributed by atoms with Gasteiger partial charge in [-0.1, -0.05) is 48.5 Å². The number of benzene rings is 3. The minimum absolute atomic E-state index is 0.00458. The summed E-state index contributed by atoms with van der Waals surface area (Å²) >= 11 is 0. The number of amides is 2. The van der Waals surface area contributed by atoms with E-state index < -0.39 is 11.8 Å². The summed E-state index contributed by atoms with van der Waals surface area (Å²) in [6.45, 7) is 1.75. The number of carbonyl (C=O) groups excluding carboxylic acids is 2. The Labute approximate surface area is 255 Å². The van der Waals surface area contributed by atoms with Crippen LogP contribution in [0.5, 0.6) is 11.5 Å². The van der Waals surface area contributed by atoms with Crippen molar-refractivity contribution in [3.05, 3.63) is 101 Å². The van der Waals surface area contributed by atoms with Crippen LogP contribution in [0.25, 0.3) is 0 Å². The summed E-state index contributed by atoms with van der Waals surface area (Å²) in [4.78, 5) is 31.0. The minimum Gasteiger partial charge on any atom is -0.459 e. The highest BCUT2D eigenvalue weighted by molar-refractivity contribution is 5.95. The number of likely N-dealkylation sites (tertiary alicyclic amines) is 1. The van der Waals surface area contributed by atoms with Gasteiger partial charge in [0, 0.05) is 31.1 Å². The van der Waals surface area contributed by atoms with E-state index in [0.29, 0.717) is 57.1 Å². The van der Waals surface area contributed by atoms with E-state index in [1.54, 1.807) is 4.90 Å². The highest BCUT2D eigenvalue weighted by atomic mass is 16.7. The summed E-state index contributed by atoms with van der Waals surface area (Å²) < 4.78 is 23.5. The number of ether oxygens (including phenoxy) is 4. The average Bonchev–Trinajstić information content (AvgIpc) is 3.68. The number of allylic oxidation sites excluding steroid dienone is 1. The number of hydrogen-bond donors (Lipinski definition) is 2. The summed E-state index contributed by atoms with van der Waals surface area (Å²) in [7, 11) is 0. The molecule has 4 aliphatic rings. The third-order valence-corrected chi connectivity index (χ3v) is 9.02. The van der Waals surface area contributed by atoms with Crippen molar-refractivity contribution < 1.29 is 33.6 Å². The third kappa shape index (κ3) is 5.35. The molecule has 1 spiro atoms. The van der Waals surface area contributed by atoms with E-state index in [4.69, 9.17) is 18.9 Å². The van der Waals surface area contributed by atoms with Crippen LogP contribution in [0.3, 0.4) is 0 Å². The molecule has 7 rings (SSSR count). The first-order chi connectivity index (χ1) is 21.5. The maximum Gasteiger partial charge on any atom is 0.288 e. The lowest BCUT2D eigenvalue weighted by atomic mass is 9.85. The summed E-state index contributed by atoms with van der Waals surface area (Å²) in [5.74, 6) is 1.26. The molecule has 2 N–H and O–H groups in total. The average molecular weight is 598 g/mol. The quantitative estimate of drug-likeness (QED) is 0.424. The molecule has 0 saturated carbocycles. The van der Waals surface area contributed by atoms with Crippen molar-refractivity contribution >= 4 is 17.5 Å². The summed E-state index contributed by atoms with van der Waals surface area (Å²) in [6.07, 6.45) is 2.76. The van der Waals surface area contributed by atoms with E-state index in [2.05, 4.69) is 10.2 Å². The predicted octanol–water partition coefficient (Wildman–Crippen LogP) is 3.79. The fourth-order valence-corrected chi connectivity index (χ4v) is 6.49. The molecule has 3 aromatic carbocycles. The van der Waals surface area contributed by atoms with Gasteiger partial charge in [0.15, 0.2) is 17.3 Å². The molecule has 3 aromatic rings. The van der Waals surface area contributed by atoms with Crippen LogP contribution < -0.4 is 19.7 Å². The first kappa shape index (κ1) is 28.2. The number of aliphatic hydroxyl groups excluding tert-OH is 1. The largest absolute Gasteiger partial charge is 0.459 e. The number of hydrogen-bond acceptors (Lipinski definition) is 8. The van der Waals surface area contributed by atoms with E-state index in [9.17, 15) is 14.7 Å². The molecule has 4 heterocycles. The van der Waals surface area contributed by atoms with Crippen molar-refractivity contribution in [1.29, 1.82) is 0 Å². The van der Waals surface area contributed by atoms with Crippen LogP contribution in [0, 0.1) is 0 Å². The van der Waals surface area contributed by atoms with Crippen molar-refractivity contribution in [2.45, 2.75) is 50.2 Å². The molecule has 0 unspecified atom stereocenters. The lowest BCUT2D eigenvalue weighted by Crippen LogP contribution is -2.57. The molecule has 0 aromatic heterocycles. The van der Waals surface area contributed by atoms with Crippen LogP contribution in [0.2, 0.25) is 0 Å². The van der Waals surface area contributed by atoms with Gasteiger partial charge in [0.05, 0.1) is 19.9 Å². The molecule has 0 radical (unpaired) electrons. The van der Waals surface area contributed by atoms with Gasteiger partial charge in [-0.3, -0.25) is 9.59 Å². The number of aliphatic hydroxyl groups is 1. The molecule has 10 nitrogen and oxygen atoms in total. The van der Waals surface area contributed by atoms with Gasteiger partial charge < -0.3 is 39.2 Å². The van der Waals surface area contributed by atoms with Crippen molar-refractivity contribution in [2.75, 3.05) is 31.5 Å². The molecule has 0 aliphatic carbocycles. The molecule has 0 bridgehead atoms. The van der Waals surface area contributed by atoms with Gasteiger partial charge >= 0.3 is 0 Å². The predicted molar refractivity (Wildman–Crippen MR) is 161 cm³/mol. The Morgan fingerprint density at radius 3 is 2.50 bits per heavy atom. The fourth-order valence-electron chi connectivity index (χ4n) is 6.49.